The number of aliphatic imine (C=N–C) groups is 1. The van der Waals surface area contributed by atoms with Crippen LogP contribution in [-0.2, 0) is 4.79 Å². The summed E-state index contributed by atoms with van der Waals surface area (Å²) in [5.41, 5.74) is 0. The van der Waals surface area contributed by atoms with Gasteiger partial charge in [-0.2, -0.15) is 0 Å². The Morgan fingerprint density at radius 3 is 2.53 bits per heavy atom. The molecule has 19 heavy (non-hydrogen) atoms. The third kappa shape index (κ3) is 5.54. The van der Waals surface area contributed by atoms with Crippen molar-refractivity contribution >= 4 is 35.8 Å². The topological polar surface area (TPSA) is 56.7 Å². The zero-order chi connectivity index (χ0) is 12.8. The number of hydrogen-bond acceptors (Lipinski definition) is 2. The number of guanidine groups is 1. The normalized spacial score (nSPS) is 19.0. The minimum Gasteiger partial charge on any atom is -0.357 e. The summed E-state index contributed by atoms with van der Waals surface area (Å²) in [5, 5.41) is 6.25. The first-order valence-electron chi connectivity index (χ1n) is 7.12. The molecule has 0 unspecified atom stereocenters. The highest BCUT2D eigenvalue weighted by molar-refractivity contribution is 14.0. The Labute approximate surface area is 132 Å². The first kappa shape index (κ1) is 16.5. The first-order chi connectivity index (χ1) is 8.81. The first-order valence-corrected chi connectivity index (χ1v) is 7.12. The molecular formula is C13H25IN4O. The van der Waals surface area contributed by atoms with Gasteiger partial charge in [0.2, 0.25) is 5.91 Å². The van der Waals surface area contributed by atoms with E-state index in [1.165, 1.54) is 12.8 Å². The smallest absolute Gasteiger partial charge is 0.223 e. The van der Waals surface area contributed by atoms with Gasteiger partial charge in [0.05, 0.1) is 6.54 Å². The molecule has 0 radical (unpaired) electrons. The zero-order valence-corrected chi connectivity index (χ0v) is 14.0. The summed E-state index contributed by atoms with van der Waals surface area (Å²) in [6.45, 7) is 6.49. The fourth-order valence-corrected chi connectivity index (χ4v) is 2.19. The molecule has 2 aliphatic rings. The zero-order valence-electron chi connectivity index (χ0n) is 11.7. The summed E-state index contributed by atoms with van der Waals surface area (Å²) in [6, 6.07) is 0. The minimum atomic E-state index is 0. The SMILES string of the molecule is CCNC(=NCCNC(=O)C1CC1)N1CCCC1.I. The molecule has 1 aliphatic carbocycles. The maximum absolute atomic E-state index is 11.4. The van der Waals surface area contributed by atoms with Crippen LogP contribution in [-0.4, -0.2) is 49.5 Å². The Bertz CT molecular complexity index is 312. The van der Waals surface area contributed by atoms with Crippen LogP contribution in [0.5, 0.6) is 0 Å². The molecule has 5 nitrogen and oxygen atoms in total. The largest absolute Gasteiger partial charge is 0.357 e. The van der Waals surface area contributed by atoms with Gasteiger partial charge in [0, 0.05) is 32.1 Å². The molecule has 0 aromatic heterocycles. The quantitative estimate of drug-likeness (QED) is 0.326. The number of nitrogens with one attached hydrogen (secondary N) is 2. The highest BCUT2D eigenvalue weighted by atomic mass is 127. The van der Waals surface area contributed by atoms with Crippen molar-refractivity contribution < 1.29 is 4.79 Å². The number of amides is 1. The van der Waals surface area contributed by atoms with Crippen molar-refractivity contribution in [1.29, 1.82) is 0 Å². The predicted octanol–water partition coefficient (Wildman–Crippen LogP) is 1.19. The van der Waals surface area contributed by atoms with Gasteiger partial charge in [-0.25, -0.2) is 0 Å². The summed E-state index contributed by atoms with van der Waals surface area (Å²) in [6.07, 6.45) is 4.63. The van der Waals surface area contributed by atoms with E-state index < -0.39 is 0 Å². The fourth-order valence-electron chi connectivity index (χ4n) is 2.19. The molecule has 0 spiro atoms. The maximum atomic E-state index is 11.4. The summed E-state index contributed by atoms with van der Waals surface area (Å²) in [4.78, 5) is 18.3. The number of halogens is 1. The van der Waals surface area contributed by atoms with Crippen LogP contribution in [0.25, 0.3) is 0 Å². The molecule has 1 saturated heterocycles. The molecular weight excluding hydrogens is 355 g/mol. The number of likely N-dealkylation sites (tertiary alicyclic amines) is 1. The van der Waals surface area contributed by atoms with Crippen LogP contribution in [0.1, 0.15) is 32.6 Å². The number of carbonyl (C=O) groups excluding carboxylic acids is 1. The van der Waals surface area contributed by atoms with Gasteiger partial charge in [-0.15, -0.1) is 24.0 Å². The molecule has 2 fully saturated rings. The molecule has 1 heterocycles. The van der Waals surface area contributed by atoms with E-state index in [9.17, 15) is 4.79 Å². The Morgan fingerprint density at radius 2 is 1.95 bits per heavy atom. The molecule has 0 bridgehead atoms. The average molecular weight is 380 g/mol. The second-order valence-corrected chi connectivity index (χ2v) is 5.00. The second-order valence-electron chi connectivity index (χ2n) is 5.00. The van der Waals surface area contributed by atoms with E-state index in [1.807, 2.05) is 0 Å². The van der Waals surface area contributed by atoms with Crippen LogP contribution in [0.2, 0.25) is 0 Å². The lowest BCUT2D eigenvalue weighted by Crippen LogP contribution is -2.40. The van der Waals surface area contributed by atoms with Crippen molar-refractivity contribution in [2.75, 3.05) is 32.7 Å². The summed E-state index contributed by atoms with van der Waals surface area (Å²) in [7, 11) is 0. The van der Waals surface area contributed by atoms with Crippen LogP contribution in [0.3, 0.4) is 0 Å². The standard InChI is InChI=1S/C13H24N4O.HI/c1-2-14-13(17-9-3-4-10-17)16-8-7-15-12(18)11-5-6-11;/h11H,2-10H2,1H3,(H,14,16)(H,15,18);1H. The summed E-state index contributed by atoms with van der Waals surface area (Å²) in [5.74, 6) is 1.49. The van der Waals surface area contributed by atoms with Gasteiger partial charge >= 0.3 is 0 Å². The molecule has 110 valence electrons. The molecule has 6 heteroatoms. The van der Waals surface area contributed by atoms with E-state index >= 15 is 0 Å². The number of carbonyl (C=O) groups is 1. The van der Waals surface area contributed by atoms with Crippen LogP contribution in [0.15, 0.2) is 4.99 Å². The van der Waals surface area contributed by atoms with Gasteiger partial charge < -0.3 is 15.5 Å². The van der Waals surface area contributed by atoms with E-state index in [4.69, 9.17) is 0 Å². The Morgan fingerprint density at radius 1 is 1.26 bits per heavy atom. The van der Waals surface area contributed by atoms with Gasteiger partial charge in [-0.3, -0.25) is 9.79 Å². The van der Waals surface area contributed by atoms with Crippen molar-refractivity contribution in [3.8, 4) is 0 Å². The van der Waals surface area contributed by atoms with Gasteiger partial charge in [0.15, 0.2) is 5.96 Å². The lowest BCUT2D eigenvalue weighted by molar-refractivity contribution is -0.122. The Kier molecular flexibility index (Phi) is 7.48. The van der Waals surface area contributed by atoms with Gasteiger partial charge in [-0.05, 0) is 32.6 Å². The molecule has 0 aromatic rings. The molecule has 2 N–H and O–H groups in total. The van der Waals surface area contributed by atoms with Crippen LogP contribution < -0.4 is 10.6 Å². The number of rotatable bonds is 5. The van der Waals surface area contributed by atoms with E-state index in [0.29, 0.717) is 19.0 Å². The summed E-state index contributed by atoms with van der Waals surface area (Å²) >= 11 is 0. The molecule has 1 saturated carbocycles. The van der Waals surface area contributed by atoms with Crippen molar-refractivity contribution in [3.05, 3.63) is 0 Å². The number of hydrogen-bond donors (Lipinski definition) is 2. The van der Waals surface area contributed by atoms with Crippen molar-refractivity contribution in [2.45, 2.75) is 32.6 Å². The molecule has 1 amide bonds. The average Bonchev–Trinajstić information content (AvgIpc) is 3.09. The Hall–Kier alpha value is -0.530. The second kappa shape index (κ2) is 8.60. The molecule has 2 rings (SSSR count). The highest BCUT2D eigenvalue weighted by Gasteiger charge is 2.28. The van der Waals surface area contributed by atoms with E-state index in [2.05, 4.69) is 27.4 Å². The molecule has 1 aliphatic heterocycles. The summed E-state index contributed by atoms with van der Waals surface area (Å²) < 4.78 is 0. The third-order valence-electron chi connectivity index (χ3n) is 3.36. The van der Waals surface area contributed by atoms with Gasteiger partial charge in [-0.1, -0.05) is 0 Å². The van der Waals surface area contributed by atoms with Gasteiger partial charge in [0.25, 0.3) is 0 Å². The monoisotopic (exact) mass is 380 g/mol. The van der Waals surface area contributed by atoms with Crippen LogP contribution >= 0.6 is 24.0 Å². The van der Waals surface area contributed by atoms with Crippen LogP contribution in [0, 0.1) is 5.92 Å². The third-order valence-corrected chi connectivity index (χ3v) is 3.36. The maximum Gasteiger partial charge on any atom is 0.223 e. The van der Waals surface area contributed by atoms with E-state index in [1.54, 1.807) is 0 Å². The van der Waals surface area contributed by atoms with E-state index in [0.717, 1.165) is 38.4 Å². The highest BCUT2D eigenvalue weighted by Crippen LogP contribution is 2.28. The predicted molar refractivity (Wildman–Crippen MR) is 87.9 cm³/mol. The molecule has 0 aromatic carbocycles. The number of nitrogens with zero attached hydrogens (tertiary/aromatic N) is 2. The minimum absolute atomic E-state index is 0. The lowest BCUT2D eigenvalue weighted by Gasteiger charge is -2.20. The van der Waals surface area contributed by atoms with Crippen LogP contribution in [0.4, 0.5) is 0 Å². The fraction of sp³-hybridized carbons (Fsp3) is 0.846. The van der Waals surface area contributed by atoms with Crippen molar-refractivity contribution in [1.82, 2.24) is 15.5 Å². The van der Waals surface area contributed by atoms with Crippen molar-refractivity contribution in [3.63, 3.8) is 0 Å². The lowest BCUT2D eigenvalue weighted by atomic mass is 10.4. The van der Waals surface area contributed by atoms with Crippen molar-refractivity contribution in [2.24, 2.45) is 10.9 Å². The molecule has 0 atom stereocenters. The Balaban J connectivity index is 0.00000180. The van der Waals surface area contributed by atoms with E-state index in [-0.39, 0.29) is 29.9 Å². The van der Waals surface area contributed by atoms with Gasteiger partial charge in [0.1, 0.15) is 0 Å².